The van der Waals surface area contributed by atoms with Crippen molar-refractivity contribution < 1.29 is 0 Å². The van der Waals surface area contributed by atoms with E-state index < -0.39 is 0 Å². The molecule has 0 radical (unpaired) electrons. The molecule has 0 rings (SSSR count). The Hall–Kier alpha value is 0.0249. The molecule has 0 aliphatic heterocycles. The van der Waals surface area contributed by atoms with Crippen molar-refractivity contribution in [3.63, 3.8) is 0 Å². The van der Waals surface area contributed by atoms with Gasteiger partial charge in [-0.1, -0.05) is 78.4 Å². The van der Waals surface area contributed by atoms with Crippen molar-refractivity contribution in [3.8, 4) is 0 Å². The number of nitrogens with one attached hydrogen (secondary N) is 1. The summed E-state index contributed by atoms with van der Waals surface area (Å²) >= 11 is 0. The standard InChI is InChI=1S/C20H44BN/c1-11-18(9,12-2)21-19(10,13-3)16-20(14-4,15-5)22-17(6,7)8/h21-22H,11-16H2,1-10H3. The number of hydrogen-bond donors (Lipinski definition) is 1. The van der Waals surface area contributed by atoms with Crippen LogP contribution in [0.25, 0.3) is 0 Å². The Morgan fingerprint density at radius 3 is 1.32 bits per heavy atom. The lowest BCUT2D eigenvalue weighted by Gasteiger charge is -2.47. The molecule has 1 unspecified atom stereocenters. The van der Waals surface area contributed by atoms with E-state index in [4.69, 9.17) is 0 Å². The molecule has 0 bridgehead atoms. The van der Waals surface area contributed by atoms with Crippen LogP contribution in [0.2, 0.25) is 10.6 Å². The first-order valence-corrected chi connectivity index (χ1v) is 9.72. The van der Waals surface area contributed by atoms with Gasteiger partial charge in [0, 0.05) is 11.1 Å². The van der Waals surface area contributed by atoms with Crippen LogP contribution in [-0.2, 0) is 0 Å². The van der Waals surface area contributed by atoms with E-state index in [2.05, 4.69) is 74.6 Å². The zero-order valence-electron chi connectivity index (χ0n) is 17.4. The van der Waals surface area contributed by atoms with Crippen molar-refractivity contribution in [2.45, 2.75) is 129 Å². The Kier molecular flexibility index (Phi) is 8.23. The summed E-state index contributed by atoms with van der Waals surface area (Å²) in [5.74, 6) is 0. The fraction of sp³-hybridized carbons (Fsp3) is 1.00. The van der Waals surface area contributed by atoms with E-state index in [-0.39, 0.29) is 11.1 Å². The minimum absolute atomic E-state index is 0.180. The predicted molar refractivity (Wildman–Crippen MR) is 106 cm³/mol. The van der Waals surface area contributed by atoms with Gasteiger partial charge in [-0.3, -0.25) is 0 Å². The van der Waals surface area contributed by atoms with Gasteiger partial charge in [0.25, 0.3) is 0 Å². The fourth-order valence-corrected chi connectivity index (χ4v) is 4.18. The number of hydrogen-bond acceptors (Lipinski definition) is 1. The van der Waals surface area contributed by atoms with Gasteiger partial charge in [-0.25, -0.2) is 0 Å². The van der Waals surface area contributed by atoms with Crippen molar-refractivity contribution >= 4 is 7.28 Å². The summed E-state index contributed by atoms with van der Waals surface area (Å²) < 4.78 is 0. The highest BCUT2D eigenvalue weighted by Crippen LogP contribution is 2.48. The molecule has 22 heavy (non-hydrogen) atoms. The molecular formula is C20H44BN. The first kappa shape index (κ1) is 22.0. The monoisotopic (exact) mass is 309 g/mol. The van der Waals surface area contributed by atoms with E-state index in [1.54, 1.807) is 0 Å². The lowest BCUT2D eigenvalue weighted by molar-refractivity contribution is 0.188. The van der Waals surface area contributed by atoms with Gasteiger partial charge >= 0.3 is 0 Å². The quantitative estimate of drug-likeness (QED) is 0.464. The maximum atomic E-state index is 3.98. The van der Waals surface area contributed by atoms with Crippen molar-refractivity contribution in [1.82, 2.24) is 5.32 Å². The summed E-state index contributed by atoms with van der Waals surface area (Å²) in [6.45, 7) is 23.8. The summed E-state index contributed by atoms with van der Waals surface area (Å²) in [7, 11) is 1.34. The molecule has 0 aromatic rings. The molecule has 1 N–H and O–H groups in total. The average Bonchev–Trinajstić information content (AvgIpc) is 2.44. The Labute approximate surface area is 142 Å². The molecule has 0 amide bonds. The van der Waals surface area contributed by atoms with Gasteiger partial charge in [-0.05, 0) is 40.0 Å². The third-order valence-electron chi connectivity index (χ3n) is 6.17. The first-order valence-electron chi connectivity index (χ1n) is 9.72. The fourth-order valence-electron chi connectivity index (χ4n) is 4.18. The lowest BCUT2D eigenvalue weighted by Crippen LogP contribution is -2.55. The molecule has 0 saturated heterocycles. The molecule has 0 fully saturated rings. The van der Waals surface area contributed by atoms with E-state index in [0.29, 0.717) is 10.6 Å². The Balaban J connectivity index is 5.36. The second-order valence-corrected chi connectivity index (χ2v) is 9.40. The molecular weight excluding hydrogens is 265 g/mol. The van der Waals surface area contributed by atoms with Crippen molar-refractivity contribution in [1.29, 1.82) is 0 Å². The Morgan fingerprint density at radius 1 is 0.636 bits per heavy atom. The minimum atomic E-state index is 0.180. The van der Waals surface area contributed by atoms with E-state index in [1.165, 1.54) is 45.8 Å². The minimum Gasteiger partial charge on any atom is -0.307 e. The van der Waals surface area contributed by atoms with Gasteiger partial charge in [-0.2, -0.15) is 0 Å². The van der Waals surface area contributed by atoms with Gasteiger partial charge in [0.2, 0.25) is 0 Å². The molecule has 2 heteroatoms. The molecule has 132 valence electrons. The summed E-state index contributed by atoms with van der Waals surface area (Å²) in [5.41, 5.74) is 0.449. The Bertz CT molecular complexity index is 310. The second kappa shape index (κ2) is 8.22. The molecule has 0 heterocycles. The highest BCUT2D eigenvalue weighted by atomic mass is 15.0. The van der Waals surface area contributed by atoms with Crippen LogP contribution < -0.4 is 5.32 Å². The van der Waals surface area contributed by atoms with Crippen molar-refractivity contribution in [3.05, 3.63) is 0 Å². The van der Waals surface area contributed by atoms with Crippen LogP contribution in [0, 0.1) is 0 Å². The van der Waals surface area contributed by atoms with Crippen molar-refractivity contribution in [2.75, 3.05) is 0 Å². The molecule has 0 aromatic heterocycles. The van der Waals surface area contributed by atoms with E-state index >= 15 is 0 Å². The van der Waals surface area contributed by atoms with Gasteiger partial charge in [0.15, 0.2) is 0 Å². The predicted octanol–water partition coefficient (Wildman–Crippen LogP) is 6.35. The largest absolute Gasteiger partial charge is 0.307 e. The first-order chi connectivity index (χ1) is 9.92. The van der Waals surface area contributed by atoms with Crippen LogP contribution in [0.15, 0.2) is 0 Å². The lowest BCUT2D eigenvalue weighted by atomic mass is 9.36. The summed E-state index contributed by atoms with van der Waals surface area (Å²) in [6.07, 6.45) is 7.57. The molecule has 0 saturated carbocycles. The van der Waals surface area contributed by atoms with Crippen LogP contribution in [0.4, 0.5) is 0 Å². The van der Waals surface area contributed by atoms with Gasteiger partial charge in [-0.15, -0.1) is 0 Å². The van der Waals surface area contributed by atoms with E-state index in [0.717, 1.165) is 0 Å². The summed E-state index contributed by atoms with van der Waals surface area (Å²) in [6, 6.07) is 0. The van der Waals surface area contributed by atoms with E-state index in [9.17, 15) is 0 Å². The average molecular weight is 309 g/mol. The van der Waals surface area contributed by atoms with Crippen LogP contribution in [0.1, 0.15) is 108 Å². The SMILES string of the molecule is CCC(C)(BC(C)(CC)CC(CC)(CC)NC(C)(C)C)CC. The number of rotatable bonds is 10. The van der Waals surface area contributed by atoms with Crippen LogP contribution in [-0.4, -0.2) is 18.4 Å². The molecule has 1 nitrogen and oxygen atoms in total. The molecule has 0 aliphatic carbocycles. The maximum absolute atomic E-state index is 3.98. The van der Waals surface area contributed by atoms with Crippen molar-refractivity contribution in [2.24, 2.45) is 0 Å². The smallest absolute Gasteiger partial charge is 0.134 e. The topological polar surface area (TPSA) is 12.0 Å². The summed E-state index contributed by atoms with van der Waals surface area (Å²) in [5, 5.41) is 4.89. The van der Waals surface area contributed by atoms with Gasteiger partial charge < -0.3 is 5.32 Å². The molecule has 1 atom stereocenters. The highest BCUT2D eigenvalue weighted by Gasteiger charge is 2.41. The maximum Gasteiger partial charge on any atom is 0.134 e. The Morgan fingerprint density at radius 2 is 1.05 bits per heavy atom. The zero-order valence-corrected chi connectivity index (χ0v) is 17.4. The van der Waals surface area contributed by atoms with Gasteiger partial charge in [0.05, 0.1) is 0 Å². The van der Waals surface area contributed by atoms with E-state index in [1.807, 2.05) is 0 Å². The molecule has 0 spiro atoms. The molecule has 0 aromatic carbocycles. The molecule has 0 aliphatic rings. The highest BCUT2D eigenvalue weighted by molar-refractivity contribution is 6.44. The zero-order chi connectivity index (χ0) is 17.7. The van der Waals surface area contributed by atoms with Gasteiger partial charge in [0.1, 0.15) is 7.28 Å². The third-order valence-corrected chi connectivity index (χ3v) is 6.17. The van der Waals surface area contributed by atoms with Crippen LogP contribution in [0.3, 0.4) is 0 Å². The third kappa shape index (κ3) is 6.65. The second-order valence-electron chi connectivity index (χ2n) is 9.40. The van der Waals surface area contributed by atoms with Crippen LogP contribution in [0.5, 0.6) is 0 Å². The van der Waals surface area contributed by atoms with Crippen LogP contribution >= 0.6 is 0 Å². The normalized spacial score (nSPS) is 16.5. The summed E-state index contributed by atoms with van der Waals surface area (Å²) in [4.78, 5) is 0.